The molecule has 1 heterocycles. The lowest BCUT2D eigenvalue weighted by molar-refractivity contribution is -0.402. The Morgan fingerprint density at radius 3 is 2.65 bits per heavy atom. The van der Waals surface area contributed by atoms with E-state index in [1.807, 2.05) is 0 Å². The number of amides is 1. The number of rotatable bonds is 2. The van der Waals surface area contributed by atoms with Gasteiger partial charge in [0.25, 0.3) is 6.20 Å². The van der Waals surface area contributed by atoms with E-state index < -0.39 is 4.92 Å². The number of carbonyl (C=O) groups is 1. The van der Waals surface area contributed by atoms with Gasteiger partial charge in [0.15, 0.2) is 5.03 Å². The van der Waals surface area contributed by atoms with Gasteiger partial charge in [-0.25, -0.2) is 0 Å². The summed E-state index contributed by atoms with van der Waals surface area (Å²) in [5.41, 5.74) is 0.581. The van der Waals surface area contributed by atoms with Crippen molar-refractivity contribution in [3.63, 3.8) is 0 Å². The van der Waals surface area contributed by atoms with Crippen LogP contribution >= 0.6 is 23.4 Å². The van der Waals surface area contributed by atoms with Crippen LogP contribution in [0.15, 0.2) is 35.5 Å². The lowest BCUT2D eigenvalue weighted by Crippen LogP contribution is -2.24. The molecule has 1 aromatic carbocycles. The van der Waals surface area contributed by atoms with Crippen LogP contribution in [0.25, 0.3) is 0 Å². The van der Waals surface area contributed by atoms with Crippen LogP contribution < -0.4 is 4.90 Å². The van der Waals surface area contributed by atoms with Crippen LogP contribution in [0.1, 0.15) is 0 Å². The maximum atomic E-state index is 11.7. The Labute approximate surface area is 106 Å². The molecule has 1 amide bonds. The van der Waals surface area contributed by atoms with E-state index in [9.17, 15) is 14.9 Å². The number of anilines is 1. The molecule has 17 heavy (non-hydrogen) atoms. The van der Waals surface area contributed by atoms with Gasteiger partial charge in [-0.15, -0.1) is 0 Å². The molecule has 1 aliphatic rings. The summed E-state index contributed by atoms with van der Waals surface area (Å²) in [6, 6.07) is 6.58. The molecule has 1 saturated heterocycles. The van der Waals surface area contributed by atoms with Crippen LogP contribution in [-0.2, 0) is 4.79 Å². The minimum absolute atomic E-state index is 0.176. The van der Waals surface area contributed by atoms with Crippen LogP contribution in [0.5, 0.6) is 0 Å². The Morgan fingerprint density at radius 2 is 2.06 bits per heavy atom. The fourth-order valence-electron chi connectivity index (χ4n) is 1.43. The van der Waals surface area contributed by atoms with Gasteiger partial charge >= 0.3 is 0 Å². The Bertz CT molecular complexity index is 501. The summed E-state index contributed by atoms with van der Waals surface area (Å²) in [6.45, 7) is 0. The smallest absolute Gasteiger partial charge is 0.265 e. The zero-order chi connectivity index (χ0) is 12.4. The van der Waals surface area contributed by atoms with E-state index in [4.69, 9.17) is 11.6 Å². The maximum Gasteiger partial charge on any atom is 0.265 e. The second-order valence-corrected chi connectivity index (χ2v) is 4.68. The zero-order valence-corrected chi connectivity index (χ0v) is 10.1. The lowest BCUT2D eigenvalue weighted by atomic mass is 10.3. The van der Waals surface area contributed by atoms with Crippen molar-refractivity contribution >= 4 is 35.0 Å². The third kappa shape index (κ3) is 2.59. The average molecular weight is 271 g/mol. The van der Waals surface area contributed by atoms with Crippen molar-refractivity contribution in [2.24, 2.45) is 0 Å². The van der Waals surface area contributed by atoms with Gasteiger partial charge in [0.1, 0.15) is 0 Å². The van der Waals surface area contributed by atoms with Gasteiger partial charge in [0.05, 0.1) is 10.7 Å². The number of nitro groups is 1. The number of carbonyl (C=O) groups excluding carboxylic acids is 1. The number of benzene rings is 1. The summed E-state index contributed by atoms with van der Waals surface area (Å²) in [5, 5.41) is 11.3. The first-order valence-electron chi connectivity index (χ1n) is 4.64. The van der Waals surface area contributed by atoms with Crippen LogP contribution in [0.4, 0.5) is 5.69 Å². The normalized spacial score (nSPS) is 17.8. The van der Waals surface area contributed by atoms with Gasteiger partial charge in [-0.05, 0) is 24.3 Å². The van der Waals surface area contributed by atoms with E-state index in [0.717, 1.165) is 18.0 Å². The maximum absolute atomic E-state index is 11.7. The van der Waals surface area contributed by atoms with Crippen LogP contribution in [-0.4, -0.2) is 16.6 Å². The van der Waals surface area contributed by atoms with Crippen molar-refractivity contribution in [3.05, 3.63) is 50.6 Å². The molecule has 0 aromatic heterocycles. The average Bonchev–Trinajstić information content (AvgIpc) is 2.61. The Hall–Kier alpha value is -1.53. The molecule has 1 aliphatic heterocycles. The summed E-state index contributed by atoms with van der Waals surface area (Å²) < 4.78 is 0. The molecular weight excluding hydrogens is 264 g/mol. The van der Waals surface area contributed by atoms with Crippen LogP contribution in [0.3, 0.4) is 0 Å². The summed E-state index contributed by atoms with van der Waals surface area (Å²) in [4.78, 5) is 22.9. The van der Waals surface area contributed by atoms with Crippen molar-refractivity contribution in [2.75, 3.05) is 10.7 Å². The van der Waals surface area contributed by atoms with Gasteiger partial charge in [-0.2, -0.15) is 0 Å². The molecule has 1 fully saturated rings. The van der Waals surface area contributed by atoms with Crippen molar-refractivity contribution in [1.82, 2.24) is 0 Å². The molecule has 7 heteroatoms. The highest BCUT2D eigenvalue weighted by atomic mass is 35.5. The highest BCUT2D eigenvalue weighted by Crippen LogP contribution is 2.34. The minimum Gasteiger partial charge on any atom is -0.273 e. The molecule has 0 saturated carbocycles. The molecule has 1 aromatic rings. The lowest BCUT2D eigenvalue weighted by Gasteiger charge is -2.15. The number of thioether (sulfide) groups is 1. The van der Waals surface area contributed by atoms with Crippen molar-refractivity contribution in [1.29, 1.82) is 0 Å². The molecule has 0 aliphatic carbocycles. The molecule has 0 atom stereocenters. The Balaban J connectivity index is 2.37. The largest absolute Gasteiger partial charge is 0.273 e. The molecule has 0 bridgehead atoms. The predicted molar refractivity (Wildman–Crippen MR) is 66.5 cm³/mol. The summed E-state index contributed by atoms with van der Waals surface area (Å²) in [7, 11) is 0. The summed E-state index contributed by atoms with van der Waals surface area (Å²) in [5.74, 6) is 0.0351. The fraction of sp³-hybridized carbons (Fsp3) is 0.100. The SMILES string of the molecule is O=C1CSC(=C[N+](=O)[O-])N1c1ccc(Cl)cc1. The first kappa shape index (κ1) is 11.9. The highest BCUT2D eigenvalue weighted by molar-refractivity contribution is 8.04. The second-order valence-electron chi connectivity index (χ2n) is 3.25. The first-order chi connectivity index (χ1) is 8.08. The molecule has 5 nitrogen and oxygen atoms in total. The molecule has 0 radical (unpaired) electrons. The minimum atomic E-state index is -0.566. The zero-order valence-electron chi connectivity index (χ0n) is 8.50. The van der Waals surface area contributed by atoms with E-state index in [-0.39, 0.29) is 11.7 Å². The van der Waals surface area contributed by atoms with Crippen molar-refractivity contribution in [3.8, 4) is 0 Å². The number of nitrogens with zero attached hydrogens (tertiary/aromatic N) is 2. The van der Waals surface area contributed by atoms with Gasteiger partial charge < -0.3 is 0 Å². The number of hydrogen-bond acceptors (Lipinski definition) is 4. The molecule has 0 unspecified atom stereocenters. The van der Waals surface area contributed by atoms with Crippen LogP contribution in [0, 0.1) is 10.1 Å². The van der Waals surface area contributed by atoms with E-state index in [2.05, 4.69) is 0 Å². The molecular formula is C10H7ClN2O3S. The molecule has 88 valence electrons. The third-order valence-electron chi connectivity index (χ3n) is 2.11. The van der Waals surface area contributed by atoms with E-state index in [1.165, 1.54) is 4.90 Å². The van der Waals surface area contributed by atoms with Gasteiger partial charge in [-0.3, -0.25) is 19.8 Å². The molecule has 2 rings (SSSR count). The Morgan fingerprint density at radius 1 is 1.41 bits per heavy atom. The van der Waals surface area contributed by atoms with E-state index in [0.29, 0.717) is 15.7 Å². The molecule has 0 spiro atoms. The number of halogens is 1. The van der Waals surface area contributed by atoms with Gasteiger partial charge in [-0.1, -0.05) is 23.4 Å². The van der Waals surface area contributed by atoms with Gasteiger partial charge in [0.2, 0.25) is 5.91 Å². The monoisotopic (exact) mass is 270 g/mol. The second kappa shape index (κ2) is 4.77. The topological polar surface area (TPSA) is 63.4 Å². The third-order valence-corrected chi connectivity index (χ3v) is 3.34. The highest BCUT2D eigenvalue weighted by Gasteiger charge is 2.30. The van der Waals surface area contributed by atoms with Crippen molar-refractivity contribution in [2.45, 2.75) is 0 Å². The standard InChI is InChI=1S/C10H7ClN2O3S/c11-7-1-3-8(4-2-7)13-9(14)6-17-10(13)5-12(15)16/h1-5H,6H2. The number of hydrogen-bond donors (Lipinski definition) is 0. The first-order valence-corrected chi connectivity index (χ1v) is 6.01. The predicted octanol–water partition coefficient (Wildman–Crippen LogP) is 2.50. The van der Waals surface area contributed by atoms with E-state index >= 15 is 0 Å². The molecule has 0 N–H and O–H groups in total. The van der Waals surface area contributed by atoms with Gasteiger partial charge in [0, 0.05) is 10.7 Å². The fourth-order valence-corrected chi connectivity index (χ4v) is 2.46. The summed E-state index contributed by atoms with van der Waals surface area (Å²) >= 11 is 6.89. The van der Waals surface area contributed by atoms with Crippen LogP contribution in [0.2, 0.25) is 5.02 Å². The summed E-state index contributed by atoms with van der Waals surface area (Å²) in [6.07, 6.45) is 0.837. The quantitative estimate of drug-likeness (QED) is 0.612. The van der Waals surface area contributed by atoms with E-state index in [1.54, 1.807) is 24.3 Å². The van der Waals surface area contributed by atoms with Crippen molar-refractivity contribution < 1.29 is 9.72 Å². The Kier molecular flexibility index (Phi) is 3.35.